The predicted octanol–water partition coefficient (Wildman–Crippen LogP) is 2.00. The lowest BCUT2D eigenvalue weighted by Crippen LogP contribution is -2.11. The van der Waals surface area contributed by atoms with E-state index in [1.807, 2.05) is 0 Å². The lowest BCUT2D eigenvalue weighted by molar-refractivity contribution is 0.100. The number of benzene rings is 1. The topological polar surface area (TPSA) is 69.1 Å². The van der Waals surface area contributed by atoms with Gasteiger partial charge in [-0.2, -0.15) is 4.98 Å². The largest absolute Gasteiger partial charge is 0.428 e. The fourth-order valence-electron chi connectivity index (χ4n) is 1.12. The van der Waals surface area contributed by atoms with Gasteiger partial charge in [-0.25, -0.2) is 0 Å². The molecule has 1 aromatic heterocycles. The Hall–Kier alpha value is -1.26. The maximum atomic E-state index is 10.9. The minimum Gasteiger partial charge on any atom is -0.428 e. The molecule has 0 bridgehead atoms. The third-order valence-corrected chi connectivity index (χ3v) is 1.82. The molecule has 74 valence electrons. The zero-order valence-electron chi connectivity index (χ0n) is 6.86. The minimum atomic E-state index is -0.546. The van der Waals surface area contributed by atoms with Crippen molar-refractivity contribution in [2.45, 2.75) is 0 Å². The highest BCUT2D eigenvalue weighted by Gasteiger charge is 2.11. The summed E-state index contributed by atoms with van der Waals surface area (Å²) in [5.74, 6) is -0.546. The second-order valence-corrected chi connectivity index (χ2v) is 2.81. The number of rotatable bonds is 1. The maximum Gasteiger partial charge on any atom is 0.293 e. The first-order chi connectivity index (χ1) is 6.18. The van der Waals surface area contributed by atoms with Crippen LogP contribution in [0.4, 0.5) is 0 Å². The van der Waals surface area contributed by atoms with E-state index in [1.165, 1.54) is 0 Å². The van der Waals surface area contributed by atoms with Gasteiger partial charge in [0.2, 0.25) is 0 Å². The molecule has 0 aliphatic rings. The Balaban J connectivity index is 0.000000980. The first-order valence-electron chi connectivity index (χ1n) is 3.53. The number of carbonyl (C=O) groups is 1. The molecular weight excluding hydrogens is 227 g/mol. The van der Waals surface area contributed by atoms with E-state index in [4.69, 9.17) is 21.8 Å². The monoisotopic (exact) mass is 232 g/mol. The number of amides is 1. The van der Waals surface area contributed by atoms with Crippen LogP contribution >= 0.6 is 24.0 Å². The number of halogens is 2. The van der Waals surface area contributed by atoms with Gasteiger partial charge in [-0.05, 0) is 23.7 Å². The van der Waals surface area contributed by atoms with E-state index in [1.54, 1.807) is 18.2 Å². The molecule has 2 rings (SSSR count). The van der Waals surface area contributed by atoms with Crippen molar-refractivity contribution in [1.82, 2.24) is 4.98 Å². The fraction of sp³-hybridized carbons (Fsp3) is 0. The number of nitrogens with zero attached hydrogens (tertiary/aromatic N) is 1. The molecule has 0 saturated carbocycles. The van der Waals surface area contributed by atoms with Crippen LogP contribution in [0.15, 0.2) is 22.6 Å². The van der Waals surface area contributed by atoms with E-state index in [2.05, 4.69) is 4.98 Å². The van der Waals surface area contributed by atoms with Gasteiger partial charge >= 0.3 is 0 Å². The second-order valence-electron chi connectivity index (χ2n) is 2.48. The van der Waals surface area contributed by atoms with Crippen LogP contribution in [0, 0.1) is 0 Å². The van der Waals surface area contributed by atoms with Gasteiger partial charge in [-0.15, -0.1) is 12.4 Å². The first-order valence-corrected chi connectivity index (χ1v) is 3.91. The number of oxazole rings is 1. The SMILES string of the molecule is Cl.NC(=O)c1cccc2oc(Cl)nc12. The molecule has 1 heterocycles. The van der Waals surface area contributed by atoms with Crippen LogP contribution in [0.25, 0.3) is 11.1 Å². The average Bonchev–Trinajstić information content (AvgIpc) is 2.43. The quantitative estimate of drug-likeness (QED) is 0.818. The van der Waals surface area contributed by atoms with Gasteiger partial charge in [-0.1, -0.05) is 6.07 Å². The summed E-state index contributed by atoms with van der Waals surface area (Å²) in [5, 5.41) is 0.00343. The van der Waals surface area contributed by atoms with Crippen molar-refractivity contribution >= 4 is 41.0 Å². The van der Waals surface area contributed by atoms with E-state index in [0.29, 0.717) is 16.7 Å². The molecule has 6 heteroatoms. The third kappa shape index (κ3) is 1.66. The van der Waals surface area contributed by atoms with Gasteiger partial charge in [0.15, 0.2) is 5.58 Å². The lowest BCUT2D eigenvalue weighted by Gasteiger charge is -1.93. The van der Waals surface area contributed by atoms with Gasteiger partial charge in [0.1, 0.15) is 5.52 Å². The van der Waals surface area contributed by atoms with Gasteiger partial charge in [0, 0.05) is 0 Å². The smallest absolute Gasteiger partial charge is 0.293 e. The number of hydrogen-bond donors (Lipinski definition) is 1. The predicted molar refractivity (Wildman–Crippen MR) is 54.8 cm³/mol. The van der Waals surface area contributed by atoms with Crippen LogP contribution in [0.2, 0.25) is 5.35 Å². The van der Waals surface area contributed by atoms with E-state index < -0.39 is 5.91 Å². The molecule has 0 atom stereocenters. The Morgan fingerprint density at radius 1 is 1.50 bits per heavy atom. The summed E-state index contributed by atoms with van der Waals surface area (Å²) in [6.07, 6.45) is 0. The number of para-hydroxylation sites is 1. The average molecular weight is 233 g/mol. The molecule has 2 N–H and O–H groups in total. The van der Waals surface area contributed by atoms with Crippen molar-refractivity contribution in [3.63, 3.8) is 0 Å². The van der Waals surface area contributed by atoms with Crippen molar-refractivity contribution < 1.29 is 9.21 Å². The summed E-state index contributed by atoms with van der Waals surface area (Å²) in [4.78, 5) is 14.8. The summed E-state index contributed by atoms with van der Waals surface area (Å²) in [7, 11) is 0. The van der Waals surface area contributed by atoms with Gasteiger partial charge in [0.05, 0.1) is 5.56 Å². The molecular formula is C8H6Cl2N2O2. The molecule has 4 nitrogen and oxygen atoms in total. The van der Waals surface area contributed by atoms with E-state index in [0.717, 1.165) is 0 Å². The van der Waals surface area contributed by atoms with Gasteiger partial charge < -0.3 is 10.2 Å². The summed E-state index contributed by atoms with van der Waals surface area (Å²) in [6, 6.07) is 4.90. The first kappa shape index (κ1) is 10.8. The lowest BCUT2D eigenvalue weighted by atomic mass is 10.2. The highest BCUT2D eigenvalue weighted by Crippen LogP contribution is 2.21. The number of aromatic nitrogens is 1. The van der Waals surface area contributed by atoms with Crippen LogP contribution in [-0.4, -0.2) is 10.9 Å². The summed E-state index contributed by atoms with van der Waals surface area (Å²) < 4.78 is 5.01. The molecule has 0 saturated heterocycles. The van der Waals surface area contributed by atoms with Crippen LogP contribution in [0.1, 0.15) is 10.4 Å². The standard InChI is InChI=1S/C8H5ClN2O2.ClH/c9-8-11-6-4(7(10)12)2-1-3-5(6)13-8;/h1-3H,(H2,10,12);1H. The molecule has 0 fully saturated rings. The molecule has 2 aromatic rings. The number of hydrogen-bond acceptors (Lipinski definition) is 3. The van der Waals surface area contributed by atoms with Crippen LogP contribution in [0.3, 0.4) is 0 Å². The zero-order chi connectivity index (χ0) is 9.42. The fourth-order valence-corrected chi connectivity index (χ4v) is 1.29. The van der Waals surface area contributed by atoms with Crippen molar-refractivity contribution in [2.24, 2.45) is 5.73 Å². The Kier molecular flexibility index (Phi) is 2.98. The summed E-state index contributed by atoms with van der Waals surface area (Å²) in [6.45, 7) is 0. The molecule has 1 amide bonds. The van der Waals surface area contributed by atoms with Crippen LogP contribution in [-0.2, 0) is 0 Å². The van der Waals surface area contributed by atoms with E-state index in [9.17, 15) is 4.79 Å². The van der Waals surface area contributed by atoms with Gasteiger partial charge in [-0.3, -0.25) is 4.79 Å². The highest BCUT2D eigenvalue weighted by molar-refractivity contribution is 6.28. The van der Waals surface area contributed by atoms with Crippen LogP contribution in [0.5, 0.6) is 0 Å². The number of fused-ring (bicyclic) bond motifs is 1. The Morgan fingerprint density at radius 3 is 2.86 bits per heavy atom. The third-order valence-electron chi connectivity index (χ3n) is 1.66. The van der Waals surface area contributed by atoms with Crippen molar-refractivity contribution in [3.8, 4) is 0 Å². The normalized spacial score (nSPS) is 9.79. The Labute approximate surface area is 90.4 Å². The number of carbonyl (C=O) groups excluding carboxylic acids is 1. The molecule has 0 unspecified atom stereocenters. The molecule has 1 aromatic carbocycles. The summed E-state index contributed by atoms with van der Waals surface area (Å²) in [5.41, 5.74) is 6.30. The summed E-state index contributed by atoms with van der Waals surface area (Å²) >= 11 is 5.53. The number of primary amides is 1. The second kappa shape index (κ2) is 3.86. The van der Waals surface area contributed by atoms with Crippen molar-refractivity contribution in [2.75, 3.05) is 0 Å². The maximum absolute atomic E-state index is 10.9. The Bertz CT molecular complexity index is 481. The van der Waals surface area contributed by atoms with E-state index >= 15 is 0 Å². The number of nitrogens with two attached hydrogens (primary N) is 1. The minimum absolute atomic E-state index is 0. The van der Waals surface area contributed by atoms with Gasteiger partial charge in [0.25, 0.3) is 11.3 Å². The van der Waals surface area contributed by atoms with Crippen LogP contribution < -0.4 is 5.73 Å². The highest BCUT2D eigenvalue weighted by atomic mass is 35.5. The molecule has 0 aliphatic heterocycles. The van der Waals surface area contributed by atoms with Crippen molar-refractivity contribution in [1.29, 1.82) is 0 Å². The molecule has 0 spiro atoms. The molecule has 0 aliphatic carbocycles. The zero-order valence-corrected chi connectivity index (χ0v) is 8.43. The molecule has 14 heavy (non-hydrogen) atoms. The Morgan fingerprint density at radius 2 is 2.21 bits per heavy atom. The van der Waals surface area contributed by atoms with E-state index in [-0.39, 0.29) is 17.8 Å². The van der Waals surface area contributed by atoms with Crippen molar-refractivity contribution in [3.05, 3.63) is 29.1 Å². The molecule has 0 radical (unpaired) electrons.